The zero-order valence-electron chi connectivity index (χ0n) is 12.6. The number of hydrogen-bond acceptors (Lipinski definition) is 5. The fraction of sp³-hybridized carbons (Fsp3) is 0.200. The summed E-state index contributed by atoms with van der Waals surface area (Å²) < 4.78 is 25.5. The average molecular weight is 349 g/mol. The van der Waals surface area contributed by atoms with Gasteiger partial charge in [0, 0.05) is 12.6 Å². The third kappa shape index (κ3) is 2.99. The van der Waals surface area contributed by atoms with E-state index in [0.29, 0.717) is 17.0 Å². The fourth-order valence-electron chi connectivity index (χ4n) is 2.22. The Hall–Kier alpha value is -2.19. The number of fused-ring (bicyclic) bond motifs is 1. The van der Waals surface area contributed by atoms with Crippen LogP contribution in [0.1, 0.15) is 20.8 Å². The highest BCUT2D eigenvalue weighted by molar-refractivity contribution is 7.93. The van der Waals surface area contributed by atoms with Crippen LogP contribution >= 0.6 is 11.3 Å². The molecule has 0 unspecified atom stereocenters. The molecule has 0 saturated heterocycles. The quantitative estimate of drug-likeness (QED) is 0.842. The number of amides is 1. The van der Waals surface area contributed by atoms with Crippen molar-refractivity contribution >= 4 is 38.7 Å². The zero-order valence-corrected chi connectivity index (χ0v) is 14.2. The van der Waals surface area contributed by atoms with E-state index in [9.17, 15) is 13.2 Å². The summed E-state index contributed by atoms with van der Waals surface area (Å²) in [5.74, 6) is -0.600. The highest BCUT2D eigenvalue weighted by Crippen LogP contribution is 2.32. The Bertz CT molecular complexity index is 883. The summed E-state index contributed by atoms with van der Waals surface area (Å²) in [4.78, 5) is 12.9. The summed E-state index contributed by atoms with van der Waals surface area (Å²) in [5, 5.41) is 5.85. The Labute approximate surface area is 138 Å². The molecule has 0 bridgehead atoms. The van der Waals surface area contributed by atoms with Crippen LogP contribution in [-0.2, 0) is 10.0 Å². The number of hydrogen-bond donors (Lipinski definition) is 1. The molecule has 0 radical (unpaired) electrons. The number of anilines is 1. The van der Waals surface area contributed by atoms with Crippen molar-refractivity contribution in [3.8, 4) is 0 Å². The fourth-order valence-corrected chi connectivity index (χ4v) is 4.48. The number of sulfonamides is 1. The van der Waals surface area contributed by atoms with Crippen molar-refractivity contribution in [1.29, 1.82) is 0 Å². The van der Waals surface area contributed by atoms with E-state index in [1.807, 2.05) is 19.1 Å². The Kier molecular flexibility index (Phi) is 3.95. The SMILES string of the molecule is Cc1ccc(C(=O)N/N=C2/CS(=O)(=O)N(C)c3ccsc32)cc1. The standard InChI is InChI=1S/C15H15N3O3S2/c1-10-3-5-11(6-4-10)15(19)17-16-12-9-23(20,21)18(2)13-7-8-22-14(12)13/h3-8H,9H2,1-2H3,(H,17,19)/b16-12-. The summed E-state index contributed by atoms with van der Waals surface area (Å²) >= 11 is 1.40. The zero-order chi connectivity index (χ0) is 16.6. The van der Waals surface area contributed by atoms with Crippen molar-refractivity contribution in [3.05, 3.63) is 51.7 Å². The molecule has 0 saturated carbocycles. The summed E-state index contributed by atoms with van der Waals surface area (Å²) in [6.45, 7) is 1.93. The van der Waals surface area contributed by atoms with Crippen LogP contribution in [0.2, 0.25) is 0 Å². The number of aryl methyl sites for hydroxylation is 1. The van der Waals surface area contributed by atoms with E-state index >= 15 is 0 Å². The maximum atomic E-state index is 12.1. The van der Waals surface area contributed by atoms with Crippen molar-refractivity contribution < 1.29 is 13.2 Å². The number of nitrogens with one attached hydrogen (secondary N) is 1. The molecule has 0 fully saturated rings. The Balaban J connectivity index is 1.87. The number of carbonyl (C=O) groups is 1. The third-order valence-electron chi connectivity index (χ3n) is 3.59. The van der Waals surface area contributed by atoms with Gasteiger partial charge in [0.15, 0.2) is 0 Å². The molecule has 120 valence electrons. The van der Waals surface area contributed by atoms with Crippen LogP contribution in [0, 0.1) is 6.92 Å². The smallest absolute Gasteiger partial charge is 0.271 e. The Morgan fingerprint density at radius 1 is 1.26 bits per heavy atom. The lowest BCUT2D eigenvalue weighted by molar-refractivity contribution is 0.0955. The monoisotopic (exact) mass is 349 g/mol. The molecule has 1 amide bonds. The first-order chi connectivity index (χ1) is 10.9. The molecule has 6 nitrogen and oxygen atoms in total. The highest BCUT2D eigenvalue weighted by atomic mass is 32.2. The van der Waals surface area contributed by atoms with Gasteiger partial charge in [-0.15, -0.1) is 11.3 Å². The molecule has 1 aliphatic rings. The van der Waals surface area contributed by atoms with Crippen molar-refractivity contribution in [1.82, 2.24) is 5.43 Å². The Morgan fingerprint density at radius 3 is 2.65 bits per heavy atom. The second-order valence-electron chi connectivity index (χ2n) is 5.22. The Morgan fingerprint density at radius 2 is 1.96 bits per heavy atom. The molecule has 3 rings (SSSR count). The second-order valence-corrected chi connectivity index (χ2v) is 8.14. The summed E-state index contributed by atoms with van der Waals surface area (Å²) in [6, 6.07) is 8.80. The minimum absolute atomic E-state index is 0.231. The minimum Gasteiger partial charge on any atom is -0.271 e. The first-order valence-electron chi connectivity index (χ1n) is 6.86. The lowest BCUT2D eigenvalue weighted by Crippen LogP contribution is -2.38. The van der Waals surface area contributed by atoms with Crippen LogP contribution in [0.4, 0.5) is 5.69 Å². The van der Waals surface area contributed by atoms with Gasteiger partial charge >= 0.3 is 0 Å². The maximum Gasteiger partial charge on any atom is 0.271 e. The number of nitrogens with zero attached hydrogens (tertiary/aromatic N) is 2. The first kappa shape index (κ1) is 15.7. The number of carbonyl (C=O) groups excluding carboxylic acids is 1. The van der Waals surface area contributed by atoms with Gasteiger partial charge in [0.05, 0.1) is 16.3 Å². The van der Waals surface area contributed by atoms with Gasteiger partial charge in [-0.2, -0.15) is 5.10 Å². The maximum absolute atomic E-state index is 12.1. The number of hydrazone groups is 1. The third-order valence-corrected chi connectivity index (χ3v) is 6.21. The van der Waals surface area contributed by atoms with Gasteiger partial charge in [0.1, 0.15) is 5.75 Å². The molecular weight excluding hydrogens is 334 g/mol. The lowest BCUT2D eigenvalue weighted by atomic mass is 10.1. The second kappa shape index (κ2) is 5.78. The topological polar surface area (TPSA) is 78.8 Å². The molecule has 2 heterocycles. The average Bonchev–Trinajstić information content (AvgIpc) is 2.99. The van der Waals surface area contributed by atoms with Gasteiger partial charge in [0.25, 0.3) is 5.91 Å². The van der Waals surface area contributed by atoms with Crippen LogP contribution in [0.25, 0.3) is 0 Å². The van der Waals surface area contributed by atoms with Crippen LogP contribution in [0.5, 0.6) is 0 Å². The molecule has 0 atom stereocenters. The van der Waals surface area contributed by atoms with E-state index < -0.39 is 10.0 Å². The van der Waals surface area contributed by atoms with Crippen molar-refractivity contribution in [2.45, 2.75) is 6.92 Å². The summed E-state index contributed by atoms with van der Waals surface area (Å²) in [6.07, 6.45) is 0. The van der Waals surface area contributed by atoms with E-state index in [-0.39, 0.29) is 11.7 Å². The summed E-state index contributed by atoms with van der Waals surface area (Å²) in [7, 11) is -1.94. The molecule has 23 heavy (non-hydrogen) atoms. The minimum atomic E-state index is -3.45. The molecule has 8 heteroatoms. The molecule has 1 N–H and O–H groups in total. The normalized spacial score (nSPS) is 17.8. The van der Waals surface area contributed by atoms with E-state index in [2.05, 4.69) is 10.5 Å². The lowest BCUT2D eigenvalue weighted by Gasteiger charge is -2.25. The van der Waals surface area contributed by atoms with Crippen LogP contribution in [0.15, 0.2) is 40.8 Å². The van der Waals surface area contributed by atoms with Crippen molar-refractivity contribution in [3.63, 3.8) is 0 Å². The van der Waals surface area contributed by atoms with Crippen molar-refractivity contribution in [2.75, 3.05) is 17.1 Å². The van der Waals surface area contributed by atoms with E-state index in [0.717, 1.165) is 10.4 Å². The number of thiophene rings is 1. The first-order valence-corrected chi connectivity index (χ1v) is 9.35. The van der Waals surface area contributed by atoms with Crippen LogP contribution < -0.4 is 9.73 Å². The van der Waals surface area contributed by atoms with Gasteiger partial charge in [-0.25, -0.2) is 13.8 Å². The molecule has 1 aromatic heterocycles. The van der Waals surface area contributed by atoms with Gasteiger partial charge in [-0.05, 0) is 30.5 Å². The molecular formula is C15H15N3O3S2. The predicted molar refractivity (Wildman–Crippen MR) is 91.7 cm³/mol. The van der Waals surface area contributed by atoms with E-state index in [4.69, 9.17) is 0 Å². The molecule has 0 aliphatic carbocycles. The largest absolute Gasteiger partial charge is 0.271 e. The van der Waals surface area contributed by atoms with Gasteiger partial charge in [0.2, 0.25) is 10.0 Å². The van der Waals surface area contributed by atoms with E-state index in [1.165, 1.54) is 22.7 Å². The molecule has 0 spiro atoms. The van der Waals surface area contributed by atoms with Crippen molar-refractivity contribution in [2.24, 2.45) is 5.10 Å². The van der Waals surface area contributed by atoms with Crippen LogP contribution in [0.3, 0.4) is 0 Å². The molecule has 2 aromatic rings. The van der Waals surface area contributed by atoms with Gasteiger partial charge in [-0.3, -0.25) is 9.10 Å². The number of benzene rings is 1. The number of rotatable bonds is 2. The van der Waals surface area contributed by atoms with Crippen LogP contribution in [-0.4, -0.2) is 32.8 Å². The van der Waals surface area contributed by atoms with E-state index in [1.54, 1.807) is 23.6 Å². The highest BCUT2D eigenvalue weighted by Gasteiger charge is 2.32. The summed E-state index contributed by atoms with van der Waals surface area (Å²) in [5.41, 5.74) is 4.91. The molecule has 1 aliphatic heterocycles. The van der Waals surface area contributed by atoms with Gasteiger partial charge in [-0.1, -0.05) is 17.7 Å². The predicted octanol–water partition coefficient (Wildman–Crippen LogP) is 1.97. The van der Waals surface area contributed by atoms with Gasteiger partial charge < -0.3 is 0 Å². The molecule has 1 aromatic carbocycles.